The van der Waals surface area contributed by atoms with Crippen molar-refractivity contribution < 1.29 is 9.90 Å². The van der Waals surface area contributed by atoms with Crippen molar-refractivity contribution in [2.24, 2.45) is 11.8 Å². The lowest BCUT2D eigenvalue weighted by Crippen LogP contribution is -2.37. The zero-order valence-electron chi connectivity index (χ0n) is 11.6. The molecule has 1 atom stereocenters. The maximum absolute atomic E-state index is 12.1. The van der Waals surface area contributed by atoms with Gasteiger partial charge in [-0.2, -0.15) is 0 Å². The summed E-state index contributed by atoms with van der Waals surface area (Å²) in [6.07, 6.45) is 2.30. The number of H-pyrrole nitrogens is 1. The number of aromatic amines is 1. The van der Waals surface area contributed by atoms with E-state index >= 15 is 0 Å². The highest BCUT2D eigenvalue weighted by Gasteiger charge is 2.28. The molecule has 21 heavy (non-hydrogen) atoms. The van der Waals surface area contributed by atoms with Crippen LogP contribution < -0.4 is 11.1 Å². The summed E-state index contributed by atoms with van der Waals surface area (Å²) in [5.74, 6) is -0.174. The van der Waals surface area contributed by atoms with Crippen molar-refractivity contribution in [3.63, 3.8) is 0 Å². The van der Waals surface area contributed by atoms with Crippen LogP contribution in [0.4, 0.5) is 0 Å². The van der Waals surface area contributed by atoms with E-state index < -0.39 is 17.1 Å². The minimum absolute atomic E-state index is 0.0989. The summed E-state index contributed by atoms with van der Waals surface area (Å²) in [6.45, 7) is 2.49. The van der Waals surface area contributed by atoms with Crippen molar-refractivity contribution in [2.45, 2.75) is 26.3 Å². The van der Waals surface area contributed by atoms with Gasteiger partial charge in [-0.1, -0.05) is 6.92 Å². The molecule has 3 rings (SSSR count). The first kappa shape index (κ1) is 13.6. The average molecular weight is 288 g/mol. The van der Waals surface area contributed by atoms with Gasteiger partial charge in [0.15, 0.2) is 0 Å². The smallest absolute Gasteiger partial charge is 0.335 e. The molecular formula is C15H16N2O4. The number of carbonyl (C=O) groups is 1. The number of benzene rings is 1. The van der Waals surface area contributed by atoms with E-state index in [4.69, 9.17) is 5.11 Å². The van der Waals surface area contributed by atoms with Crippen molar-refractivity contribution in [3.8, 4) is 0 Å². The second kappa shape index (κ2) is 4.87. The Morgan fingerprint density at radius 3 is 2.76 bits per heavy atom. The molecule has 6 nitrogen and oxygen atoms in total. The Balaban J connectivity index is 2.19. The summed E-state index contributed by atoms with van der Waals surface area (Å²) in [5.41, 5.74) is -0.257. The lowest BCUT2D eigenvalue weighted by atomic mass is 10.1. The Hall–Kier alpha value is -2.37. The highest BCUT2D eigenvalue weighted by Crippen LogP contribution is 2.37. The van der Waals surface area contributed by atoms with Gasteiger partial charge < -0.3 is 14.7 Å². The molecule has 1 aromatic carbocycles. The Morgan fingerprint density at radius 2 is 2.14 bits per heavy atom. The Bertz CT molecular complexity index is 830. The van der Waals surface area contributed by atoms with E-state index in [2.05, 4.69) is 11.9 Å². The van der Waals surface area contributed by atoms with Crippen LogP contribution in [0.3, 0.4) is 0 Å². The van der Waals surface area contributed by atoms with Crippen molar-refractivity contribution in [3.05, 3.63) is 44.5 Å². The number of aromatic carboxylic acids is 1. The highest BCUT2D eigenvalue weighted by atomic mass is 16.4. The summed E-state index contributed by atoms with van der Waals surface area (Å²) in [4.78, 5) is 37.4. The Kier molecular flexibility index (Phi) is 3.16. The zero-order valence-corrected chi connectivity index (χ0v) is 11.6. The predicted octanol–water partition coefficient (Wildman–Crippen LogP) is 1.43. The SMILES string of the molecule is CC(Cn1c(=O)c(=O)[nH]c2ccc(C(=O)O)cc21)C1CC1. The second-order valence-electron chi connectivity index (χ2n) is 5.72. The van der Waals surface area contributed by atoms with Gasteiger partial charge >= 0.3 is 17.1 Å². The molecule has 1 heterocycles. The van der Waals surface area contributed by atoms with Gasteiger partial charge in [0, 0.05) is 6.54 Å². The third-order valence-corrected chi connectivity index (χ3v) is 4.12. The molecule has 6 heteroatoms. The van der Waals surface area contributed by atoms with Gasteiger partial charge in [-0.05, 0) is 42.9 Å². The largest absolute Gasteiger partial charge is 0.478 e. The third-order valence-electron chi connectivity index (χ3n) is 4.12. The number of hydrogen-bond acceptors (Lipinski definition) is 3. The lowest BCUT2D eigenvalue weighted by molar-refractivity contribution is 0.0697. The first-order valence-electron chi connectivity index (χ1n) is 6.97. The zero-order chi connectivity index (χ0) is 15.1. The molecule has 0 aliphatic heterocycles. The molecule has 0 spiro atoms. The van der Waals surface area contributed by atoms with Crippen LogP contribution >= 0.6 is 0 Å². The predicted molar refractivity (Wildman–Crippen MR) is 77.7 cm³/mol. The maximum Gasteiger partial charge on any atom is 0.335 e. The number of nitrogens with one attached hydrogen (secondary N) is 1. The normalized spacial score (nSPS) is 16.0. The van der Waals surface area contributed by atoms with Crippen molar-refractivity contribution in [1.29, 1.82) is 0 Å². The number of nitrogens with zero attached hydrogens (tertiary/aromatic N) is 1. The van der Waals surface area contributed by atoms with Crippen LogP contribution in [0, 0.1) is 11.8 Å². The van der Waals surface area contributed by atoms with Crippen LogP contribution in [0.25, 0.3) is 11.0 Å². The molecule has 1 aliphatic carbocycles. The number of rotatable bonds is 4. The molecule has 2 aromatic rings. The molecule has 1 aliphatic rings. The minimum atomic E-state index is -1.06. The van der Waals surface area contributed by atoms with Gasteiger partial charge in [-0.25, -0.2) is 4.79 Å². The maximum atomic E-state index is 12.1. The monoisotopic (exact) mass is 288 g/mol. The Labute approximate surface area is 120 Å². The first-order valence-corrected chi connectivity index (χ1v) is 6.97. The van der Waals surface area contributed by atoms with E-state index in [1.807, 2.05) is 0 Å². The topological polar surface area (TPSA) is 92.2 Å². The first-order chi connectivity index (χ1) is 9.97. The summed E-state index contributed by atoms with van der Waals surface area (Å²) < 4.78 is 1.41. The summed E-state index contributed by atoms with van der Waals surface area (Å²) in [7, 11) is 0. The van der Waals surface area contributed by atoms with Crippen LogP contribution in [0.15, 0.2) is 27.8 Å². The van der Waals surface area contributed by atoms with Crippen molar-refractivity contribution in [2.75, 3.05) is 0 Å². The summed E-state index contributed by atoms with van der Waals surface area (Å²) in [6, 6.07) is 4.38. The van der Waals surface area contributed by atoms with E-state index in [1.54, 1.807) is 0 Å². The van der Waals surface area contributed by atoms with E-state index in [1.165, 1.54) is 22.8 Å². The van der Waals surface area contributed by atoms with E-state index in [9.17, 15) is 14.4 Å². The molecule has 1 fully saturated rings. The Morgan fingerprint density at radius 1 is 1.43 bits per heavy atom. The van der Waals surface area contributed by atoms with Gasteiger partial charge in [0.2, 0.25) is 0 Å². The van der Waals surface area contributed by atoms with E-state index in [0.717, 1.165) is 12.8 Å². The number of carboxylic acids is 1. The van der Waals surface area contributed by atoms with Crippen LogP contribution in [-0.2, 0) is 6.54 Å². The second-order valence-corrected chi connectivity index (χ2v) is 5.72. The van der Waals surface area contributed by atoms with Crippen molar-refractivity contribution in [1.82, 2.24) is 9.55 Å². The van der Waals surface area contributed by atoms with Crippen molar-refractivity contribution >= 4 is 17.0 Å². The quantitative estimate of drug-likeness (QED) is 0.832. The molecule has 0 saturated heterocycles. The number of hydrogen-bond donors (Lipinski definition) is 2. The fourth-order valence-corrected chi connectivity index (χ4v) is 2.69. The molecule has 1 saturated carbocycles. The molecule has 1 unspecified atom stereocenters. The van der Waals surface area contributed by atoms with Gasteiger partial charge in [-0.3, -0.25) is 9.59 Å². The fraction of sp³-hybridized carbons (Fsp3) is 0.400. The minimum Gasteiger partial charge on any atom is -0.478 e. The highest BCUT2D eigenvalue weighted by molar-refractivity contribution is 5.92. The van der Waals surface area contributed by atoms with E-state index in [-0.39, 0.29) is 5.56 Å². The number of aromatic nitrogens is 2. The van der Waals surface area contributed by atoms with Gasteiger partial charge in [0.1, 0.15) is 0 Å². The van der Waals surface area contributed by atoms with Crippen LogP contribution in [0.1, 0.15) is 30.1 Å². The van der Waals surface area contributed by atoms with Gasteiger partial charge in [0.05, 0.1) is 16.6 Å². The molecule has 110 valence electrons. The molecule has 0 bridgehead atoms. The molecule has 0 amide bonds. The molecule has 1 aromatic heterocycles. The van der Waals surface area contributed by atoms with Crippen LogP contribution in [-0.4, -0.2) is 20.6 Å². The van der Waals surface area contributed by atoms with Crippen LogP contribution in [0.5, 0.6) is 0 Å². The lowest BCUT2D eigenvalue weighted by Gasteiger charge is -2.15. The molecular weight excluding hydrogens is 272 g/mol. The number of fused-ring (bicyclic) bond motifs is 1. The van der Waals surface area contributed by atoms with Gasteiger partial charge in [0.25, 0.3) is 0 Å². The average Bonchev–Trinajstić information content (AvgIpc) is 3.27. The molecule has 0 radical (unpaired) electrons. The van der Waals surface area contributed by atoms with Gasteiger partial charge in [-0.15, -0.1) is 0 Å². The van der Waals surface area contributed by atoms with Crippen LogP contribution in [0.2, 0.25) is 0 Å². The van der Waals surface area contributed by atoms with E-state index in [0.29, 0.717) is 29.4 Å². The fourth-order valence-electron chi connectivity index (χ4n) is 2.69. The standard InChI is InChI=1S/C15H16N2O4/c1-8(9-2-3-9)7-17-12-6-10(15(20)21)4-5-11(12)16-13(18)14(17)19/h4-6,8-9H,2-3,7H2,1H3,(H,16,18)(H,20,21). The summed E-state index contributed by atoms with van der Waals surface area (Å²) in [5, 5.41) is 9.08. The summed E-state index contributed by atoms with van der Waals surface area (Å²) >= 11 is 0. The third kappa shape index (κ3) is 2.49. The number of carboxylic acid groups (broad SMARTS) is 1. The molecule has 2 N–H and O–H groups in total.